The van der Waals surface area contributed by atoms with Gasteiger partial charge in [-0.2, -0.15) is 23.5 Å². The van der Waals surface area contributed by atoms with Gasteiger partial charge in [0.05, 0.1) is 11.4 Å². The summed E-state index contributed by atoms with van der Waals surface area (Å²) in [5, 5.41) is 4.06. The van der Waals surface area contributed by atoms with Crippen LogP contribution in [0.1, 0.15) is 44.3 Å². The second-order valence-corrected chi connectivity index (χ2v) is 6.88. The molecule has 0 amide bonds. The third kappa shape index (κ3) is 3.32. The molecule has 3 nitrogen and oxygen atoms in total. The Morgan fingerprint density at radius 1 is 1.33 bits per heavy atom. The van der Waals surface area contributed by atoms with E-state index in [1.54, 1.807) is 0 Å². The number of nitrogens with zero attached hydrogens (tertiary/aromatic N) is 2. The molecular formula is C13H21N3S2. The zero-order chi connectivity index (χ0) is 13.0. The molecule has 1 unspecified atom stereocenters. The zero-order valence-corrected chi connectivity index (χ0v) is 13.0. The Labute approximate surface area is 118 Å². The lowest BCUT2D eigenvalue weighted by Gasteiger charge is -2.12. The van der Waals surface area contributed by atoms with Crippen LogP contribution in [0.25, 0.3) is 0 Å². The van der Waals surface area contributed by atoms with Gasteiger partial charge in [0, 0.05) is 28.9 Å². The lowest BCUT2D eigenvalue weighted by Crippen LogP contribution is -2.08. The first-order chi connectivity index (χ1) is 8.74. The number of hydrogen-bond donors (Lipinski definition) is 1. The van der Waals surface area contributed by atoms with Crippen molar-refractivity contribution in [3.63, 3.8) is 0 Å². The standard InChI is InChI=1S/C13H21N3S2/c1-4-9(3)18-8-12-15-11-7-17-6-10(11)13(16-12)14-5-2/h9H,4-8H2,1-3H3,(H,14,15,16). The van der Waals surface area contributed by atoms with E-state index in [2.05, 4.69) is 31.1 Å². The molecular weight excluding hydrogens is 262 g/mol. The van der Waals surface area contributed by atoms with Crippen molar-refractivity contribution in [1.82, 2.24) is 9.97 Å². The predicted octanol–water partition coefficient (Wildman–Crippen LogP) is 3.69. The summed E-state index contributed by atoms with van der Waals surface area (Å²) in [4.78, 5) is 9.39. The van der Waals surface area contributed by atoms with Crippen molar-refractivity contribution in [2.45, 2.75) is 49.7 Å². The molecule has 100 valence electrons. The van der Waals surface area contributed by atoms with Crippen molar-refractivity contribution in [3.8, 4) is 0 Å². The van der Waals surface area contributed by atoms with Gasteiger partial charge in [0.1, 0.15) is 11.6 Å². The molecule has 0 fully saturated rings. The zero-order valence-electron chi connectivity index (χ0n) is 11.3. The molecule has 1 N–H and O–H groups in total. The maximum absolute atomic E-state index is 4.71. The van der Waals surface area contributed by atoms with Crippen LogP contribution in [0.2, 0.25) is 0 Å². The highest BCUT2D eigenvalue weighted by molar-refractivity contribution is 7.99. The maximum Gasteiger partial charge on any atom is 0.140 e. The largest absolute Gasteiger partial charge is 0.370 e. The summed E-state index contributed by atoms with van der Waals surface area (Å²) < 4.78 is 0. The molecule has 0 radical (unpaired) electrons. The van der Waals surface area contributed by atoms with E-state index in [4.69, 9.17) is 4.98 Å². The van der Waals surface area contributed by atoms with E-state index in [-0.39, 0.29) is 0 Å². The SMILES string of the molecule is CCNc1nc(CSC(C)CC)nc2c1CSC2. The van der Waals surface area contributed by atoms with E-state index in [1.807, 2.05) is 23.5 Å². The van der Waals surface area contributed by atoms with Crippen LogP contribution in [-0.2, 0) is 17.3 Å². The fourth-order valence-electron chi connectivity index (χ4n) is 1.82. The van der Waals surface area contributed by atoms with Crippen LogP contribution in [0.3, 0.4) is 0 Å². The minimum atomic E-state index is 0.679. The lowest BCUT2D eigenvalue weighted by atomic mass is 10.2. The average Bonchev–Trinajstić information content (AvgIpc) is 2.84. The van der Waals surface area contributed by atoms with Gasteiger partial charge in [-0.15, -0.1) is 0 Å². The van der Waals surface area contributed by atoms with Crippen LogP contribution in [0, 0.1) is 0 Å². The molecule has 1 aromatic rings. The normalized spacial score (nSPS) is 15.5. The summed E-state index contributed by atoms with van der Waals surface area (Å²) >= 11 is 3.87. The number of aromatic nitrogens is 2. The number of nitrogens with one attached hydrogen (secondary N) is 1. The Kier molecular flexibility index (Phi) is 5.18. The number of thioether (sulfide) groups is 2. The number of rotatable bonds is 6. The van der Waals surface area contributed by atoms with E-state index in [9.17, 15) is 0 Å². The molecule has 1 aliphatic heterocycles. The maximum atomic E-state index is 4.71. The molecule has 5 heteroatoms. The smallest absolute Gasteiger partial charge is 0.140 e. The van der Waals surface area contributed by atoms with Crippen molar-refractivity contribution in [1.29, 1.82) is 0 Å². The Hall–Kier alpha value is -0.420. The van der Waals surface area contributed by atoms with E-state index < -0.39 is 0 Å². The molecule has 0 bridgehead atoms. The quantitative estimate of drug-likeness (QED) is 0.862. The molecule has 0 aliphatic carbocycles. The first-order valence-electron chi connectivity index (χ1n) is 6.56. The van der Waals surface area contributed by atoms with Crippen molar-refractivity contribution in [2.24, 2.45) is 0 Å². The molecule has 1 aliphatic rings. The number of hydrogen-bond acceptors (Lipinski definition) is 5. The summed E-state index contributed by atoms with van der Waals surface area (Å²) in [5.41, 5.74) is 2.56. The van der Waals surface area contributed by atoms with Crippen LogP contribution in [0.15, 0.2) is 0 Å². The monoisotopic (exact) mass is 283 g/mol. The van der Waals surface area contributed by atoms with Crippen molar-refractivity contribution >= 4 is 29.3 Å². The summed E-state index contributed by atoms with van der Waals surface area (Å²) in [5.74, 6) is 5.06. The van der Waals surface area contributed by atoms with Gasteiger partial charge in [0.2, 0.25) is 0 Å². The van der Waals surface area contributed by atoms with Crippen LogP contribution in [0.5, 0.6) is 0 Å². The van der Waals surface area contributed by atoms with Crippen LogP contribution < -0.4 is 5.32 Å². The average molecular weight is 283 g/mol. The Morgan fingerprint density at radius 3 is 2.89 bits per heavy atom. The topological polar surface area (TPSA) is 37.8 Å². The second kappa shape index (κ2) is 6.66. The van der Waals surface area contributed by atoms with E-state index in [0.717, 1.165) is 35.4 Å². The molecule has 18 heavy (non-hydrogen) atoms. The minimum Gasteiger partial charge on any atom is -0.370 e. The highest BCUT2D eigenvalue weighted by Crippen LogP contribution is 2.33. The van der Waals surface area contributed by atoms with Gasteiger partial charge in [-0.25, -0.2) is 9.97 Å². The van der Waals surface area contributed by atoms with Crippen molar-refractivity contribution in [3.05, 3.63) is 17.1 Å². The summed E-state index contributed by atoms with van der Waals surface area (Å²) in [6, 6.07) is 0. The van der Waals surface area contributed by atoms with Crippen molar-refractivity contribution in [2.75, 3.05) is 11.9 Å². The Morgan fingerprint density at radius 2 is 2.17 bits per heavy atom. The third-order valence-corrected chi connectivity index (χ3v) is 5.34. The van der Waals surface area contributed by atoms with Gasteiger partial charge in [0.15, 0.2) is 0 Å². The van der Waals surface area contributed by atoms with Crippen molar-refractivity contribution < 1.29 is 0 Å². The number of anilines is 1. The molecule has 0 saturated carbocycles. The fraction of sp³-hybridized carbons (Fsp3) is 0.692. The summed E-state index contributed by atoms with van der Waals surface area (Å²) in [6.45, 7) is 7.53. The first kappa shape index (κ1) is 14.0. The minimum absolute atomic E-state index is 0.679. The summed E-state index contributed by atoms with van der Waals surface area (Å²) in [7, 11) is 0. The molecule has 1 atom stereocenters. The highest BCUT2D eigenvalue weighted by Gasteiger charge is 2.19. The summed E-state index contributed by atoms with van der Waals surface area (Å²) in [6.07, 6.45) is 1.20. The van der Waals surface area contributed by atoms with Gasteiger partial charge in [-0.1, -0.05) is 13.8 Å². The van der Waals surface area contributed by atoms with Gasteiger partial charge in [0.25, 0.3) is 0 Å². The molecule has 0 spiro atoms. The Balaban J connectivity index is 2.13. The molecule has 0 saturated heterocycles. The van der Waals surface area contributed by atoms with Gasteiger partial charge >= 0.3 is 0 Å². The molecule has 1 aromatic heterocycles. The highest BCUT2D eigenvalue weighted by atomic mass is 32.2. The molecule has 0 aromatic carbocycles. The van der Waals surface area contributed by atoms with E-state index in [0.29, 0.717) is 5.25 Å². The molecule has 2 heterocycles. The Bertz CT molecular complexity index is 409. The van der Waals surface area contributed by atoms with Crippen LogP contribution >= 0.6 is 23.5 Å². The van der Waals surface area contributed by atoms with Gasteiger partial charge in [-0.3, -0.25) is 0 Å². The lowest BCUT2D eigenvalue weighted by molar-refractivity contribution is 0.898. The van der Waals surface area contributed by atoms with Gasteiger partial charge in [-0.05, 0) is 13.3 Å². The van der Waals surface area contributed by atoms with Gasteiger partial charge < -0.3 is 5.32 Å². The van der Waals surface area contributed by atoms with Crippen LogP contribution in [0.4, 0.5) is 5.82 Å². The predicted molar refractivity (Wildman–Crippen MR) is 82.2 cm³/mol. The number of fused-ring (bicyclic) bond motifs is 1. The van der Waals surface area contributed by atoms with E-state index in [1.165, 1.54) is 17.7 Å². The van der Waals surface area contributed by atoms with Crippen LogP contribution in [-0.4, -0.2) is 21.8 Å². The second-order valence-electron chi connectivity index (χ2n) is 4.47. The fourth-order valence-corrected chi connectivity index (χ4v) is 3.66. The van der Waals surface area contributed by atoms with E-state index >= 15 is 0 Å². The first-order valence-corrected chi connectivity index (χ1v) is 8.76. The third-order valence-electron chi connectivity index (χ3n) is 3.04. The molecule has 2 rings (SSSR count).